The van der Waals surface area contributed by atoms with Gasteiger partial charge in [0.15, 0.2) is 0 Å². The topological polar surface area (TPSA) is 9.23 Å². The van der Waals surface area contributed by atoms with Crippen LogP contribution in [0.5, 0.6) is 0 Å². The van der Waals surface area contributed by atoms with Crippen molar-refractivity contribution in [1.29, 1.82) is 0 Å². The number of hydrogen-bond donors (Lipinski definition) is 0. The fourth-order valence-corrected chi connectivity index (χ4v) is 2.78. The van der Waals surface area contributed by atoms with Gasteiger partial charge in [0.1, 0.15) is 0 Å². The molecule has 20 heavy (non-hydrogen) atoms. The first-order valence-electron chi connectivity index (χ1n) is 7.14. The SMILES string of the molecule is C[SiH](C)C(C)(C)COCc1ccc2cc(Br)ccc2c1. The molecule has 0 spiro atoms. The predicted molar refractivity (Wildman–Crippen MR) is 94.2 cm³/mol. The van der Waals surface area contributed by atoms with Gasteiger partial charge >= 0.3 is 0 Å². The Labute approximate surface area is 132 Å². The number of ether oxygens (including phenoxy) is 1. The largest absolute Gasteiger partial charge is 0.377 e. The van der Waals surface area contributed by atoms with Crippen LogP contribution in [0, 0.1) is 0 Å². The molecule has 3 heteroatoms. The van der Waals surface area contributed by atoms with E-state index < -0.39 is 8.80 Å². The Bertz CT molecular complexity index is 593. The molecule has 0 saturated heterocycles. The molecule has 2 rings (SSSR count). The van der Waals surface area contributed by atoms with Crippen molar-refractivity contribution >= 4 is 35.5 Å². The summed E-state index contributed by atoms with van der Waals surface area (Å²) in [6.45, 7) is 11.0. The predicted octanol–water partition coefficient (Wildman–Crippen LogP) is 5.39. The summed E-state index contributed by atoms with van der Waals surface area (Å²) in [5.41, 5.74) is 1.25. The minimum atomic E-state index is -0.681. The van der Waals surface area contributed by atoms with Gasteiger partial charge in [-0.05, 0) is 39.6 Å². The highest BCUT2D eigenvalue weighted by Crippen LogP contribution is 2.29. The Kier molecular flexibility index (Phi) is 5.05. The van der Waals surface area contributed by atoms with Gasteiger partial charge in [0.2, 0.25) is 0 Å². The normalized spacial score (nSPS) is 12.3. The van der Waals surface area contributed by atoms with Gasteiger partial charge in [0.25, 0.3) is 0 Å². The average molecular weight is 351 g/mol. The molecule has 0 aliphatic heterocycles. The van der Waals surface area contributed by atoms with Crippen LogP contribution in [0.1, 0.15) is 19.4 Å². The van der Waals surface area contributed by atoms with Crippen LogP contribution in [0.4, 0.5) is 0 Å². The molecule has 0 amide bonds. The van der Waals surface area contributed by atoms with Gasteiger partial charge in [-0.15, -0.1) is 0 Å². The second kappa shape index (κ2) is 6.42. The minimum absolute atomic E-state index is 0.363. The molecule has 2 aromatic rings. The first kappa shape index (κ1) is 15.7. The van der Waals surface area contributed by atoms with Crippen LogP contribution in [0.2, 0.25) is 18.1 Å². The third-order valence-electron chi connectivity index (χ3n) is 4.17. The van der Waals surface area contributed by atoms with E-state index in [9.17, 15) is 0 Å². The van der Waals surface area contributed by atoms with Gasteiger partial charge in [0.05, 0.1) is 6.61 Å². The van der Waals surface area contributed by atoms with Crippen LogP contribution in [0.3, 0.4) is 0 Å². The number of benzene rings is 2. The molecule has 0 unspecified atom stereocenters. The van der Waals surface area contributed by atoms with E-state index in [0.29, 0.717) is 11.6 Å². The van der Waals surface area contributed by atoms with E-state index in [2.05, 4.69) is 79.3 Å². The van der Waals surface area contributed by atoms with Crippen LogP contribution in [0.25, 0.3) is 10.8 Å². The second-order valence-electron chi connectivity index (χ2n) is 6.46. The molecule has 0 fully saturated rings. The second-order valence-corrected chi connectivity index (χ2v) is 11.2. The van der Waals surface area contributed by atoms with Crippen LogP contribution < -0.4 is 0 Å². The van der Waals surface area contributed by atoms with Gasteiger partial charge in [0, 0.05) is 19.9 Å². The van der Waals surface area contributed by atoms with Crippen molar-refractivity contribution in [3.05, 3.63) is 46.4 Å². The van der Waals surface area contributed by atoms with Crippen molar-refractivity contribution in [2.24, 2.45) is 0 Å². The molecule has 0 bridgehead atoms. The summed E-state index contributed by atoms with van der Waals surface area (Å²) in [7, 11) is -0.681. The quantitative estimate of drug-likeness (QED) is 0.657. The Balaban J connectivity index is 2.02. The number of hydrogen-bond acceptors (Lipinski definition) is 1. The molecule has 2 aromatic carbocycles. The third kappa shape index (κ3) is 3.93. The maximum atomic E-state index is 5.94. The van der Waals surface area contributed by atoms with Crippen molar-refractivity contribution in [2.45, 2.75) is 38.6 Å². The van der Waals surface area contributed by atoms with E-state index in [1.807, 2.05) is 0 Å². The van der Waals surface area contributed by atoms with Gasteiger partial charge in [-0.2, -0.15) is 0 Å². The van der Waals surface area contributed by atoms with Crippen molar-refractivity contribution in [3.8, 4) is 0 Å². The summed E-state index contributed by atoms with van der Waals surface area (Å²) in [5, 5.41) is 2.90. The first-order valence-corrected chi connectivity index (χ1v) is 10.8. The lowest BCUT2D eigenvalue weighted by atomic mass is 10.1. The molecule has 1 nitrogen and oxygen atoms in total. The van der Waals surface area contributed by atoms with Crippen LogP contribution in [-0.2, 0) is 11.3 Å². The zero-order valence-corrected chi connectivity index (χ0v) is 15.5. The Morgan fingerprint density at radius 3 is 2.40 bits per heavy atom. The van der Waals surface area contributed by atoms with Crippen molar-refractivity contribution in [3.63, 3.8) is 0 Å². The highest BCUT2D eigenvalue weighted by Gasteiger charge is 2.23. The Hall–Kier alpha value is -0.643. The monoisotopic (exact) mass is 350 g/mol. The van der Waals surface area contributed by atoms with E-state index in [1.54, 1.807) is 0 Å². The average Bonchev–Trinajstić information content (AvgIpc) is 2.38. The molecule has 0 saturated carbocycles. The van der Waals surface area contributed by atoms with Crippen molar-refractivity contribution < 1.29 is 4.74 Å². The summed E-state index contributed by atoms with van der Waals surface area (Å²) in [6, 6.07) is 12.9. The lowest BCUT2D eigenvalue weighted by molar-refractivity contribution is 0.101. The molecule has 0 aromatic heterocycles. The highest BCUT2D eigenvalue weighted by molar-refractivity contribution is 9.10. The Morgan fingerprint density at radius 2 is 1.70 bits per heavy atom. The molecule has 0 aliphatic carbocycles. The van der Waals surface area contributed by atoms with Gasteiger partial charge in [-0.3, -0.25) is 0 Å². The van der Waals surface area contributed by atoms with E-state index in [1.165, 1.54) is 16.3 Å². The maximum absolute atomic E-state index is 5.94. The molecular formula is C17H23BrOSi. The fourth-order valence-electron chi connectivity index (χ4n) is 1.95. The van der Waals surface area contributed by atoms with Gasteiger partial charge < -0.3 is 4.74 Å². The van der Waals surface area contributed by atoms with E-state index >= 15 is 0 Å². The summed E-state index contributed by atoms with van der Waals surface area (Å²) in [4.78, 5) is 0. The van der Waals surface area contributed by atoms with Gasteiger partial charge in [-0.25, -0.2) is 0 Å². The van der Waals surface area contributed by atoms with E-state index in [4.69, 9.17) is 4.74 Å². The van der Waals surface area contributed by atoms with Crippen LogP contribution in [-0.4, -0.2) is 15.4 Å². The summed E-state index contributed by atoms with van der Waals surface area (Å²) in [5.74, 6) is 0. The molecule has 0 N–H and O–H groups in total. The van der Waals surface area contributed by atoms with Crippen molar-refractivity contribution in [1.82, 2.24) is 0 Å². The number of rotatable bonds is 5. The lowest BCUT2D eigenvalue weighted by Crippen LogP contribution is -2.26. The van der Waals surface area contributed by atoms with Crippen LogP contribution >= 0.6 is 15.9 Å². The number of halogens is 1. The first-order chi connectivity index (χ1) is 9.38. The molecule has 0 atom stereocenters. The lowest BCUT2D eigenvalue weighted by Gasteiger charge is -2.27. The van der Waals surface area contributed by atoms with E-state index in [0.717, 1.165) is 11.1 Å². The molecule has 0 radical (unpaired) electrons. The van der Waals surface area contributed by atoms with E-state index in [-0.39, 0.29) is 0 Å². The summed E-state index contributed by atoms with van der Waals surface area (Å²) >= 11 is 3.51. The van der Waals surface area contributed by atoms with Gasteiger partial charge in [-0.1, -0.05) is 61.1 Å². The van der Waals surface area contributed by atoms with Crippen LogP contribution in [0.15, 0.2) is 40.9 Å². The molecular weight excluding hydrogens is 328 g/mol. The summed E-state index contributed by atoms with van der Waals surface area (Å²) in [6.07, 6.45) is 0. The zero-order chi connectivity index (χ0) is 14.8. The smallest absolute Gasteiger partial charge is 0.0717 e. The highest BCUT2D eigenvalue weighted by atomic mass is 79.9. The minimum Gasteiger partial charge on any atom is -0.377 e. The number of fused-ring (bicyclic) bond motifs is 1. The third-order valence-corrected chi connectivity index (χ3v) is 7.96. The molecule has 0 aliphatic rings. The summed E-state index contributed by atoms with van der Waals surface area (Å²) < 4.78 is 7.07. The maximum Gasteiger partial charge on any atom is 0.0717 e. The molecule has 0 heterocycles. The zero-order valence-electron chi connectivity index (χ0n) is 12.7. The standard InChI is InChI=1S/C17H23BrOSi/c1-17(2,20(3)4)12-19-11-13-5-6-15-10-16(18)8-7-14(15)9-13/h5-10,20H,11-12H2,1-4H3. The Morgan fingerprint density at radius 1 is 1.05 bits per heavy atom. The van der Waals surface area contributed by atoms with Crippen molar-refractivity contribution in [2.75, 3.05) is 6.61 Å². The fraction of sp³-hybridized carbons (Fsp3) is 0.412. The molecule has 108 valence electrons.